The van der Waals surface area contributed by atoms with Crippen LogP contribution in [-0.4, -0.2) is 29.1 Å². The van der Waals surface area contributed by atoms with Crippen LogP contribution in [0.3, 0.4) is 0 Å². The Morgan fingerprint density at radius 2 is 2.30 bits per heavy atom. The molecule has 1 aliphatic rings. The summed E-state index contributed by atoms with van der Waals surface area (Å²) in [4.78, 5) is 13.7. The van der Waals surface area contributed by atoms with Gasteiger partial charge in [-0.2, -0.15) is 0 Å². The summed E-state index contributed by atoms with van der Waals surface area (Å²) in [6.07, 6.45) is 8.65. The molecule has 112 valence electrons. The standard InChI is InChI=1S/C16H25NO3/c1-3-4-12-5-6-14(16(18)19)15(9-12)17(2)10-13-7-8-20-11-13/h7-8,11-12,14-15H,3-6,9-10H2,1-2H3,(H,18,19). The van der Waals surface area contributed by atoms with Crippen LogP contribution in [0.2, 0.25) is 0 Å². The highest BCUT2D eigenvalue weighted by Crippen LogP contribution is 2.35. The average molecular weight is 279 g/mol. The topological polar surface area (TPSA) is 53.7 Å². The van der Waals surface area contributed by atoms with Gasteiger partial charge in [0, 0.05) is 18.2 Å². The number of rotatable bonds is 6. The number of hydrogen-bond acceptors (Lipinski definition) is 3. The Labute approximate surface area is 120 Å². The summed E-state index contributed by atoms with van der Waals surface area (Å²) >= 11 is 0. The summed E-state index contributed by atoms with van der Waals surface area (Å²) in [6, 6.07) is 2.08. The number of carbonyl (C=O) groups is 1. The van der Waals surface area contributed by atoms with E-state index in [4.69, 9.17) is 4.42 Å². The van der Waals surface area contributed by atoms with Crippen molar-refractivity contribution < 1.29 is 14.3 Å². The van der Waals surface area contributed by atoms with E-state index in [1.807, 2.05) is 13.1 Å². The molecule has 3 atom stereocenters. The van der Waals surface area contributed by atoms with E-state index in [0.29, 0.717) is 5.92 Å². The fourth-order valence-electron chi connectivity index (χ4n) is 3.46. The van der Waals surface area contributed by atoms with Crippen LogP contribution in [0.25, 0.3) is 0 Å². The lowest BCUT2D eigenvalue weighted by Crippen LogP contribution is -2.45. The second kappa shape index (κ2) is 6.93. The van der Waals surface area contributed by atoms with E-state index < -0.39 is 5.97 Å². The van der Waals surface area contributed by atoms with Crippen molar-refractivity contribution in [1.29, 1.82) is 0 Å². The fraction of sp³-hybridized carbons (Fsp3) is 0.688. The van der Waals surface area contributed by atoms with Crippen molar-refractivity contribution in [2.24, 2.45) is 11.8 Å². The molecule has 1 N–H and O–H groups in total. The quantitative estimate of drug-likeness (QED) is 0.867. The van der Waals surface area contributed by atoms with E-state index in [1.54, 1.807) is 12.5 Å². The van der Waals surface area contributed by atoms with Crippen LogP contribution in [-0.2, 0) is 11.3 Å². The third-order valence-corrected chi connectivity index (χ3v) is 4.52. The lowest BCUT2D eigenvalue weighted by atomic mass is 9.76. The molecule has 1 heterocycles. The van der Waals surface area contributed by atoms with Gasteiger partial charge in [0.1, 0.15) is 0 Å². The van der Waals surface area contributed by atoms with E-state index in [0.717, 1.165) is 31.4 Å². The molecule has 1 aromatic rings. The lowest BCUT2D eigenvalue weighted by molar-refractivity contribution is -0.146. The first-order chi connectivity index (χ1) is 9.61. The maximum atomic E-state index is 11.5. The van der Waals surface area contributed by atoms with E-state index in [-0.39, 0.29) is 12.0 Å². The molecular formula is C16H25NO3. The van der Waals surface area contributed by atoms with Crippen molar-refractivity contribution >= 4 is 5.97 Å². The summed E-state index contributed by atoms with van der Waals surface area (Å²) in [5.74, 6) is -0.212. The highest BCUT2D eigenvalue weighted by atomic mass is 16.4. The number of hydrogen-bond donors (Lipinski definition) is 1. The highest BCUT2D eigenvalue weighted by Gasteiger charge is 2.36. The molecule has 4 nitrogen and oxygen atoms in total. The third kappa shape index (κ3) is 3.63. The molecule has 0 amide bonds. The smallest absolute Gasteiger partial charge is 0.308 e. The zero-order chi connectivity index (χ0) is 14.5. The van der Waals surface area contributed by atoms with E-state index >= 15 is 0 Å². The minimum atomic E-state index is -0.649. The first-order valence-electron chi connectivity index (χ1n) is 7.56. The Kier molecular flexibility index (Phi) is 5.24. The average Bonchev–Trinajstić information content (AvgIpc) is 2.91. The molecule has 20 heavy (non-hydrogen) atoms. The molecular weight excluding hydrogens is 254 g/mol. The molecule has 4 heteroatoms. The minimum absolute atomic E-state index is 0.132. The summed E-state index contributed by atoms with van der Waals surface area (Å²) in [5, 5.41) is 9.45. The Morgan fingerprint density at radius 3 is 2.90 bits per heavy atom. The number of aliphatic carboxylic acids is 1. The predicted molar refractivity (Wildman–Crippen MR) is 77.3 cm³/mol. The predicted octanol–water partition coefficient (Wildman–Crippen LogP) is 3.38. The molecule has 0 bridgehead atoms. The van der Waals surface area contributed by atoms with Crippen molar-refractivity contribution in [1.82, 2.24) is 4.90 Å². The Hall–Kier alpha value is -1.29. The van der Waals surface area contributed by atoms with Crippen molar-refractivity contribution in [3.63, 3.8) is 0 Å². The lowest BCUT2D eigenvalue weighted by Gasteiger charge is -2.39. The normalized spacial score (nSPS) is 26.9. The van der Waals surface area contributed by atoms with Crippen LogP contribution >= 0.6 is 0 Å². The summed E-state index contributed by atoms with van der Waals surface area (Å²) in [7, 11) is 2.03. The number of carboxylic acid groups (broad SMARTS) is 1. The molecule has 1 aromatic heterocycles. The maximum Gasteiger partial charge on any atom is 0.308 e. The maximum absolute atomic E-state index is 11.5. The summed E-state index contributed by atoms with van der Waals surface area (Å²) in [5.41, 5.74) is 1.11. The number of furan rings is 1. The molecule has 3 unspecified atom stereocenters. The van der Waals surface area contributed by atoms with Gasteiger partial charge >= 0.3 is 5.97 Å². The zero-order valence-electron chi connectivity index (χ0n) is 12.4. The third-order valence-electron chi connectivity index (χ3n) is 4.52. The molecule has 0 spiro atoms. The molecule has 2 rings (SSSR count). The first kappa shape index (κ1) is 15.1. The molecule has 0 saturated heterocycles. The van der Waals surface area contributed by atoms with Gasteiger partial charge in [0.15, 0.2) is 0 Å². The second-order valence-corrected chi connectivity index (χ2v) is 6.03. The SMILES string of the molecule is CCCC1CCC(C(=O)O)C(N(C)Cc2ccoc2)C1. The van der Waals surface area contributed by atoms with Crippen LogP contribution in [0, 0.1) is 11.8 Å². The van der Waals surface area contributed by atoms with E-state index in [9.17, 15) is 9.90 Å². The molecule has 0 radical (unpaired) electrons. The van der Waals surface area contributed by atoms with Gasteiger partial charge in [-0.25, -0.2) is 0 Å². The van der Waals surface area contributed by atoms with Crippen LogP contribution in [0.5, 0.6) is 0 Å². The first-order valence-corrected chi connectivity index (χ1v) is 7.56. The summed E-state index contributed by atoms with van der Waals surface area (Å²) in [6.45, 7) is 2.96. The van der Waals surface area contributed by atoms with Gasteiger partial charge in [-0.1, -0.05) is 19.8 Å². The van der Waals surface area contributed by atoms with Gasteiger partial charge in [0.05, 0.1) is 18.4 Å². The van der Waals surface area contributed by atoms with Gasteiger partial charge in [-0.05, 0) is 38.3 Å². The van der Waals surface area contributed by atoms with Crippen LogP contribution in [0.4, 0.5) is 0 Å². The minimum Gasteiger partial charge on any atom is -0.481 e. The van der Waals surface area contributed by atoms with E-state index in [1.165, 1.54) is 12.8 Å². The highest BCUT2D eigenvalue weighted by molar-refractivity contribution is 5.71. The largest absolute Gasteiger partial charge is 0.481 e. The van der Waals surface area contributed by atoms with Gasteiger partial charge in [0.25, 0.3) is 0 Å². The van der Waals surface area contributed by atoms with Gasteiger partial charge in [0.2, 0.25) is 0 Å². The molecule has 1 aliphatic carbocycles. The zero-order valence-corrected chi connectivity index (χ0v) is 12.4. The number of carboxylic acids is 1. The number of nitrogens with zero attached hydrogens (tertiary/aromatic N) is 1. The van der Waals surface area contributed by atoms with Gasteiger partial charge in [-0.15, -0.1) is 0 Å². The van der Waals surface area contributed by atoms with Crippen LogP contribution in [0.1, 0.15) is 44.6 Å². The Balaban J connectivity index is 2.03. The van der Waals surface area contributed by atoms with Crippen LogP contribution in [0.15, 0.2) is 23.0 Å². The molecule has 1 saturated carbocycles. The monoisotopic (exact) mass is 279 g/mol. The van der Waals surface area contributed by atoms with Crippen LogP contribution < -0.4 is 0 Å². The Morgan fingerprint density at radius 1 is 1.50 bits per heavy atom. The molecule has 0 aromatic carbocycles. The van der Waals surface area contributed by atoms with Crippen molar-refractivity contribution in [3.05, 3.63) is 24.2 Å². The van der Waals surface area contributed by atoms with Crippen molar-refractivity contribution in [3.8, 4) is 0 Å². The Bertz CT molecular complexity index is 415. The molecule has 1 fully saturated rings. The van der Waals surface area contributed by atoms with E-state index in [2.05, 4.69) is 11.8 Å². The van der Waals surface area contributed by atoms with Gasteiger partial charge in [-0.3, -0.25) is 9.69 Å². The van der Waals surface area contributed by atoms with Gasteiger partial charge < -0.3 is 9.52 Å². The molecule has 0 aliphatic heterocycles. The summed E-state index contributed by atoms with van der Waals surface area (Å²) < 4.78 is 5.09. The van der Waals surface area contributed by atoms with Crippen molar-refractivity contribution in [2.45, 2.75) is 51.6 Å². The van der Waals surface area contributed by atoms with Crippen molar-refractivity contribution in [2.75, 3.05) is 7.05 Å². The second-order valence-electron chi connectivity index (χ2n) is 6.03. The fourth-order valence-corrected chi connectivity index (χ4v) is 3.46.